The quantitative estimate of drug-likeness (QED) is 0.331. The van der Waals surface area contributed by atoms with Gasteiger partial charge in [0.2, 0.25) is 5.95 Å². The normalized spacial score (nSPS) is 21.2. The molecule has 3 aliphatic heterocycles. The Morgan fingerprint density at radius 1 is 1.07 bits per heavy atom. The number of H-pyrrole nitrogens is 1. The Labute approximate surface area is 244 Å². The molecule has 0 saturated carbocycles. The van der Waals surface area contributed by atoms with Gasteiger partial charge in [-0.25, -0.2) is 14.8 Å². The van der Waals surface area contributed by atoms with Gasteiger partial charge in [-0.3, -0.25) is 4.90 Å². The van der Waals surface area contributed by atoms with Crippen molar-refractivity contribution in [1.82, 2.24) is 34.9 Å². The van der Waals surface area contributed by atoms with Gasteiger partial charge in [-0.1, -0.05) is 12.1 Å². The molecule has 2 amide bonds. The maximum absolute atomic E-state index is 11.4. The summed E-state index contributed by atoms with van der Waals surface area (Å²) in [6, 6.07) is 8.93. The molecule has 12 nitrogen and oxygen atoms in total. The van der Waals surface area contributed by atoms with Gasteiger partial charge in [-0.05, 0) is 37.5 Å². The molecule has 3 aromatic heterocycles. The fourth-order valence-electron chi connectivity index (χ4n) is 6.77. The first-order chi connectivity index (χ1) is 20.4. The second-order valence-electron chi connectivity index (χ2n) is 11.6. The number of rotatable bonds is 5. The number of aromatic amines is 1. The number of benzene rings is 1. The molecule has 1 aromatic carbocycles. The van der Waals surface area contributed by atoms with Crippen LogP contribution in [0.3, 0.4) is 0 Å². The summed E-state index contributed by atoms with van der Waals surface area (Å²) in [6.07, 6.45) is 5.87. The molecule has 0 spiro atoms. The van der Waals surface area contributed by atoms with Crippen LogP contribution in [0.5, 0.6) is 5.75 Å². The number of phenolic OH excluding ortho intramolecular Hbond substituents is 1. The van der Waals surface area contributed by atoms with E-state index in [9.17, 15) is 9.90 Å². The van der Waals surface area contributed by atoms with E-state index in [1.54, 1.807) is 17.0 Å². The summed E-state index contributed by atoms with van der Waals surface area (Å²) in [5.41, 5.74) is 10.9. The zero-order valence-corrected chi connectivity index (χ0v) is 23.8. The maximum Gasteiger partial charge on any atom is 0.314 e. The predicted molar refractivity (Wildman–Crippen MR) is 160 cm³/mol. The zero-order chi connectivity index (χ0) is 28.8. The first-order valence-electron chi connectivity index (χ1n) is 14.7. The van der Waals surface area contributed by atoms with Crippen LogP contribution in [-0.2, 0) is 6.42 Å². The van der Waals surface area contributed by atoms with Crippen LogP contribution >= 0.6 is 0 Å². The molecule has 42 heavy (non-hydrogen) atoms. The summed E-state index contributed by atoms with van der Waals surface area (Å²) in [6.45, 7) is 9.17. The number of aromatic hydroxyl groups is 1. The summed E-state index contributed by atoms with van der Waals surface area (Å²) in [5.74, 6) is 1.49. The molecule has 2 saturated heterocycles. The summed E-state index contributed by atoms with van der Waals surface area (Å²) in [7, 11) is 0. The second kappa shape index (κ2) is 10.8. The zero-order valence-electron chi connectivity index (χ0n) is 23.8. The maximum atomic E-state index is 11.4. The van der Waals surface area contributed by atoms with E-state index in [4.69, 9.17) is 15.7 Å². The van der Waals surface area contributed by atoms with Crippen LogP contribution < -0.4 is 15.5 Å². The number of aromatic nitrogens is 5. The number of anilines is 2. The summed E-state index contributed by atoms with van der Waals surface area (Å²) >= 11 is 0. The molecule has 0 unspecified atom stereocenters. The van der Waals surface area contributed by atoms with E-state index in [2.05, 4.69) is 36.8 Å². The van der Waals surface area contributed by atoms with E-state index in [1.165, 1.54) is 5.56 Å². The van der Waals surface area contributed by atoms with Crippen molar-refractivity contribution in [2.45, 2.75) is 25.8 Å². The number of fused-ring (bicyclic) bond motifs is 3. The van der Waals surface area contributed by atoms with Gasteiger partial charge in [0, 0.05) is 81.0 Å². The highest BCUT2D eigenvalue weighted by atomic mass is 16.3. The van der Waals surface area contributed by atoms with E-state index in [0.29, 0.717) is 30.3 Å². The van der Waals surface area contributed by atoms with Crippen molar-refractivity contribution in [2.24, 2.45) is 11.7 Å². The Balaban J connectivity index is 1.04. The number of amides is 2. The lowest BCUT2D eigenvalue weighted by atomic mass is 9.97. The first kappa shape index (κ1) is 26.4. The standard InChI is InChI=1S/C30H36N10O2/c1-19-27-23-14-25(22-4-2-3-5-26(22)41)35-36-28(23)34-24(27)7-9-40(19)30-32-15-21(16-33-30)39-8-6-20(18-39)17-37-10-12-38(13-11-37)29(31)42/h2-5,14-16,19-20,41H,6-13,17-18H2,1H3,(H2,31,42)(H,34,36)/t19-,20+/m1/s1. The Kier molecular flexibility index (Phi) is 6.77. The highest BCUT2D eigenvalue weighted by Crippen LogP contribution is 2.38. The van der Waals surface area contributed by atoms with Crippen LogP contribution in [0.15, 0.2) is 42.7 Å². The van der Waals surface area contributed by atoms with Gasteiger partial charge in [-0.2, -0.15) is 0 Å². The molecule has 3 aliphatic rings. The average molecular weight is 569 g/mol. The Morgan fingerprint density at radius 2 is 1.86 bits per heavy atom. The molecular formula is C30H36N10O2. The predicted octanol–water partition coefficient (Wildman–Crippen LogP) is 2.77. The Bertz CT molecular complexity index is 1600. The minimum atomic E-state index is -0.321. The lowest BCUT2D eigenvalue weighted by Crippen LogP contribution is -2.51. The number of para-hydroxylation sites is 1. The molecule has 0 bridgehead atoms. The molecular weight excluding hydrogens is 532 g/mol. The van der Waals surface area contributed by atoms with E-state index in [0.717, 1.165) is 80.5 Å². The van der Waals surface area contributed by atoms with Crippen molar-refractivity contribution in [3.8, 4) is 17.0 Å². The number of hydrogen-bond acceptors (Lipinski definition) is 9. The number of nitrogens with zero attached hydrogens (tertiary/aromatic N) is 8. The van der Waals surface area contributed by atoms with Crippen molar-refractivity contribution in [2.75, 3.05) is 62.2 Å². The molecule has 2 fully saturated rings. The number of phenols is 1. The Hall–Kier alpha value is -4.45. The summed E-state index contributed by atoms with van der Waals surface area (Å²) < 4.78 is 0. The topological polar surface area (TPSA) is 144 Å². The number of carbonyl (C=O) groups is 1. The van der Waals surface area contributed by atoms with Gasteiger partial charge in [-0.15, -0.1) is 10.2 Å². The van der Waals surface area contributed by atoms with Crippen LogP contribution in [0.25, 0.3) is 22.3 Å². The molecule has 4 aromatic rings. The molecule has 6 heterocycles. The third kappa shape index (κ3) is 4.85. The van der Waals surface area contributed by atoms with E-state index >= 15 is 0 Å². The van der Waals surface area contributed by atoms with Gasteiger partial charge in [0.15, 0.2) is 5.65 Å². The molecule has 0 aliphatic carbocycles. The lowest BCUT2D eigenvalue weighted by molar-refractivity contribution is 0.134. The van der Waals surface area contributed by atoms with E-state index < -0.39 is 0 Å². The third-order valence-electron chi connectivity index (χ3n) is 9.08. The second-order valence-corrected chi connectivity index (χ2v) is 11.6. The minimum Gasteiger partial charge on any atom is -0.507 e. The Morgan fingerprint density at radius 3 is 2.62 bits per heavy atom. The van der Waals surface area contributed by atoms with Crippen LogP contribution in [0.1, 0.15) is 30.6 Å². The molecule has 0 radical (unpaired) electrons. The van der Waals surface area contributed by atoms with E-state index in [1.807, 2.05) is 30.6 Å². The summed E-state index contributed by atoms with van der Waals surface area (Å²) in [4.78, 5) is 33.3. The number of nitrogens with two attached hydrogens (primary N) is 1. The van der Waals surface area contributed by atoms with Crippen molar-refractivity contribution in [3.05, 3.63) is 54.0 Å². The molecule has 12 heteroatoms. The fraction of sp³-hybridized carbons (Fsp3) is 0.433. The molecule has 7 rings (SSSR count). The van der Waals surface area contributed by atoms with Crippen molar-refractivity contribution in [3.63, 3.8) is 0 Å². The number of primary amides is 1. The SMILES string of the molecule is C[C@@H]1c2c([nH]c3nnc(-c4ccccc4O)cc23)CCN1c1ncc(N2CC[C@@H](CN3CCN(C(N)=O)CC3)C2)cn1. The average Bonchev–Trinajstić information content (AvgIpc) is 3.63. The largest absolute Gasteiger partial charge is 0.507 e. The minimum absolute atomic E-state index is 0.0426. The highest BCUT2D eigenvalue weighted by Gasteiger charge is 2.31. The first-order valence-corrected chi connectivity index (χ1v) is 14.7. The third-order valence-corrected chi connectivity index (χ3v) is 9.08. The number of piperazine rings is 1. The number of urea groups is 1. The molecule has 2 atom stereocenters. The van der Waals surface area contributed by atoms with Crippen LogP contribution in [-0.4, -0.2) is 98.4 Å². The van der Waals surface area contributed by atoms with Gasteiger partial charge < -0.3 is 30.5 Å². The van der Waals surface area contributed by atoms with Crippen molar-refractivity contribution < 1.29 is 9.90 Å². The van der Waals surface area contributed by atoms with Crippen molar-refractivity contribution >= 4 is 28.7 Å². The smallest absolute Gasteiger partial charge is 0.314 e. The van der Waals surface area contributed by atoms with Gasteiger partial charge in [0.1, 0.15) is 5.75 Å². The fourth-order valence-corrected chi connectivity index (χ4v) is 6.77. The number of carbonyl (C=O) groups excluding carboxylic acids is 1. The van der Waals surface area contributed by atoms with Crippen LogP contribution in [0.4, 0.5) is 16.4 Å². The monoisotopic (exact) mass is 568 g/mol. The van der Waals surface area contributed by atoms with Crippen molar-refractivity contribution in [1.29, 1.82) is 0 Å². The number of hydrogen-bond donors (Lipinski definition) is 3. The van der Waals surface area contributed by atoms with Crippen LogP contribution in [0.2, 0.25) is 0 Å². The van der Waals surface area contributed by atoms with Gasteiger partial charge in [0.25, 0.3) is 0 Å². The lowest BCUT2D eigenvalue weighted by Gasteiger charge is -2.35. The summed E-state index contributed by atoms with van der Waals surface area (Å²) in [5, 5.41) is 20.2. The van der Waals surface area contributed by atoms with Gasteiger partial charge >= 0.3 is 6.03 Å². The van der Waals surface area contributed by atoms with E-state index in [-0.39, 0.29) is 17.8 Å². The number of nitrogens with one attached hydrogen (secondary N) is 1. The highest BCUT2D eigenvalue weighted by molar-refractivity contribution is 5.86. The van der Waals surface area contributed by atoms with Crippen LogP contribution in [0, 0.1) is 5.92 Å². The molecule has 4 N–H and O–H groups in total. The van der Waals surface area contributed by atoms with Gasteiger partial charge in [0.05, 0.1) is 29.8 Å². The molecule has 218 valence electrons.